The van der Waals surface area contributed by atoms with Gasteiger partial charge in [-0.2, -0.15) is 0 Å². The lowest BCUT2D eigenvalue weighted by Gasteiger charge is -2.63. The zero-order chi connectivity index (χ0) is 32.3. The topological polar surface area (TPSA) is 125 Å². The number of allylic oxidation sites excluding steroid dienone is 1. The van der Waals surface area contributed by atoms with Crippen molar-refractivity contribution in [1.82, 2.24) is 10.6 Å². The van der Waals surface area contributed by atoms with E-state index in [1.165, 1.54) is 38.5 Å². The fourth-order valence-corrected chi connectivity index (χ4v) is 10.4. The van der Waals surface area contributed by atoms with E-state index in [4.69, 9.17) is 12.2 Å². The van der Waals surface area contributed by atoms with Gasteiger partial charge in [0.25, 0.3) is 0 Å². The molecule has 7 heteroatoms. The van der Waals surface area contributed by atoms with Gasteiger partial charge in [-0.3, -0.25) is 9.59 Å². The molecule has 0 saturated heterocycles. The molecule has 2 amide bonds. The number of amides is 2. The molecule has 11 atom stereocenters. The van der Waals surface area contributed by atoms with Crippen molar-refractivity contribution in [1.29, 1.82) is 0 Å². The standard InChI is InChI=1S/C37H61N3O4/c1-7-13-29(40-34(44)24(2)22-35(3,4)23-38)39-30(41)16-10-8-9-14-25-17-18-26-31-27(19-21-36(25,26)5)37(6)20-12-11-15-28(37)32(42)33(31)43/h1,10,16,24-29,31-33,42-43H,8-9,11-15,17-23,38H2,2-6H3,(H,39,41)(H,40,44)/b16-10+. The zero-order valence-electron chi connectivity index (χ0n) is 28.1. The third-order valence-electron chi connectivity index (χ3n) is 12.9. The third-order valence-corrected chi connectivity index (χ3v) is 12.9. The van der Waals surface area contributed by atoms with Crippen LogP contribution in [-0.4, -0.2) is 46.9 Å². The van der Waals surface area contributed by atoms with Gasteiger partial charge < -0.3 is 26.6 Å². The average Bonchev–Trinajstić information content (AvgIpc) is 3.31. The van der Waals surface area contributed by atoms with Gasteiger partial charge in [-0.1, -0.05) is 53.5 Å². The normalized spacial score (nSPS) is 38.1. The van der Waals surface area contributed by atoms with Gasteiger partial charge in [0.15, 0.2) is 0 Å². The summed E-state index contributed by atoms with van der Waals surface area (Å²) >= 11 is 0. The van der Waals surface area contributed by atoms with Gasteiger partial charge in [0.05, 0.1) is 12.2 Å². The van der Waals surface area contributed by atoms with Crippen LogP contribution in [0.3, 0.4) is 0 Å². The average molecular weight is 612 g/mol. The first-order valence-electron chi connectivity index (χ1n) is 17.5. The first kappa shape index (κ1) is 35.0. The second-order valence-electron chi connectivity index (χ2n) is 16.2. The number of aliphatic hydroxyl groups excluding tert-OH is 2. The predicted molar refractivity (Wildman–Crippen MR) is 176 cm³/mol. The van der Waals surface area contributed by atoms with Crippen molar-refractivity contribution >= 4 is 11.8 Å². The molecule has 6 N–H and O–H groups in total. The van der Waals surface area contributed by atoms with Crippen molar-refractivity contribution in [3.05, 3.63) is 12.2 Å². The molecule has 4 saturated carbocycles. The summed E-state index contributed by atoms with van der Waals surface area (Å²) in [7, 11) is 0. The van der Waals surface area contributed by atoms with Crippen LogP contribution in [0.5, 0.6) is 0 Å². The summed E-state index contributed by atoms with van der Waals surface area (Å²) in [5, 5.41) is 28.5. The molecular formula is C37H61N3O4. The van der Waals surface area contributed by atoms with Gasteiger partial charge >= 0.3 is 0 Å². The van der Waals surface area contributed by atoms with Gasteiger partial charge in [0.2, 0.25) is 11.8 Å². The van der Waals surface area contributed by atoms with Gasteiger partial charge in [0.1, 0.15) is 6.17 Å². The minimum Gasteiger partial charge on any atom is -0.390 e. The van der Waals surface area contributed by atoms with Crippen LogP contribution in [0.25, 0.3) is 0 Å². The van der Waals surface area contributed by atoms with Crippen molar-refractivity contribution in [2.75, 3.05) is 6.54 Å². The molecule has 0 aliphatic heterocycles. The molecule has 4 aliphatic rings. The van der Waals surface area contributed by atoms with Gasteiger partial charge in [-0.25, -0.2) is 0 Å². The summed E-state index contributed by atoms with van der Waals surface area (Å²) in [5.74, 6) is 3.96. The number of nitrogens with one attached hydrogen (secondary N) is 2. The predicted octanol–water partition coefficient (Wildman–Crippen LogP) is 5.30. The molecule has 0 spiro atoms. The molecule has 248 valence electrons. The smallest absolute Gasteiger partial charge is 0.245 e. The van der Waals surface area contributed by atoms with Crippen LogP contribution in [0.4, 0.5) is 0 Å². The number of carbonyl (C=O) groups excluding carboxylic acids is 2. The number of nitrogens with two attached hydrogens (primary N) is 1. The molecule has 0 heterocycles. The van der Waals surface area contributed by atoms with E-state index in [9.17, 15) is 19.8 Å². The molecule has 4 rings (SSSR count). The van der Waals surface area contributed by atoms with Crippen LogP contribution in [0.2, 0.25) is 0 Å². The largest absolute Gasteiger partial charge is 0.390 e. The molecule has 4 aliphatic carbocycles. The van der Waals surface area contributed by atoms with Crippen LogP contribution in [0.15, 0.2) is 12.2 Å². The highest BCUT2D eigenvalue weighted by Gasteiger charge is 2.64. The quantitative estimate of drug-likeness (QED) is 0.0887. The minimum absolute atomic E-state index is 0.142. The van der Waals surface area contributed by atoms with E-state index in [1.54, 1.807) is 6.08 Å². The number of carbonyl (C=O) groups is 2. The Balaban J connectivity index is 1.26. The number of hydrogen-bond acceptors (Lipinski definition) is 5. The number of fused-ring (bicyclic) bond motifs is 5. The maximum atomic E-state index is 12.7. The highest BCUT2D eigenvalue weighted by Crippen LogP contribution is 2.67. The van der Waals surface area contributed by atoms with E-state index in [0.29, 0.717) is 30.7 Å². The molecule has 0 radical (unpaired) electrons. The van der Waals surface area contributed by atoms with E-state index >= 15 is 0 Å². The number of aliphatic hydroxyl groups is 2. The fourth-order valence-electron chi connectivity index (χ4n) is 10.4. The summed E-state index contributed by atoms with van der Waals surface area (Å²) in [6.45, 7) is 11.3. The maximum absolute atomic E-state index is 12.7. The first-order valence-corrected chi connectivity index (χ1v) is 17.5. The van der Waals surface area contributed by atoms with E-state index in [-0.39, 0.29) is 52.2 Å². The minimum atomic E-state index is -0.613. The Morgan fingerprint density at radius 3 is 2.45 bits per heavy atom. The van der Waals surface area contributed by atoms with Gasteiger partial charge in [-0.15, -0.1) is 12.3 Å². The van der Waals surface area contributed by atoms with Crippen LogP contribution < -0.4 is 16.4 Å². The van der Waals surface area contributed by atoms with Crippen molar-refractivity contribution in [3.63, 3.8) is 0 Å². The molecule has 11 unspecified atom stereocenters. The SMILES string of the molecule is C#CCC(NC(=O)/C=C/CCCC1CCC2C3C(O)C(O)C4CCCCC4(C)C3CCC12C)NC(=O)C(C)CC(C)(C)CN. The highest BCUT2D eigenvalue weighted by molar-refractivity contribution is 5.88. The van der Waals surface area contributed by atoms with E-state index in [2.05, 4.69) is 30.4 Å². The Morgan fingerprint density at radius 2 is 1.75 bits per heavy atom. The van der Waals surface area contributed by atoms with Gasteiger partial charge in [0, 0.05) is 12.3 Å². The van der Waals surface area contributed by atoms with E-state index < -0.39 is 18.4 Å². The Labute approximate surface area is 267 Å². The maximum Gasteiger partial charge on any atom is 0.245 e. The van der Waals surface area contributed by atoms with Crippen LogP contribution >= 0.6 is 0 Å². The lowest BCUT2D eigenvalue weighted by molar-refractivity contribution is -0.214. The molecule has 0 bridgehead atoms. The third kappa shape index (κ3) is 7.24. The molecule has 4 fully saturated rings. The number of rotatable bonds is 12. The van der Waals surface area contributed by atoms with Crippen molar-refractivity contribution in [2.45, 2.75) is 136 Å². The second kappa shape index (κ2) is 14.3. The highest BCUT2D eigenvalue weighted by atomic mass is 16.3. The molecule has 0 aromatic heterocycles. The van der Waals surface area contributed by atoms with E-state index in [1.807, 2.05) is 26.8 Å². The first-order chi connectivity index (χ1) is 20.8. The Kier molecular flexibility index (Phi) is 11.3. The Morgan fingerprint density at radius 1 is 1.02 bits per heavy atom. The molecular weight excluding hydrogens is 550 g/mol. The molecule has 0 aromatic rings. The van der Waals surface area contributed by atoms with Crippen molar-refractivity contribution in [3.8, 4) is 12.3 Å². The Hall–Kier alpha value is -1.88. The molecule has 44 heavy (non-hydrogen) atoms. The number of hydrogen-bond donors (Lipinski definition) is 5. The number of unbranched alkanes of at least 4 members (excludes halogenated alkanes) is 1. The summed E-state index contributed by atoms with van der Waals surface area (Å²) in [6.07, 6.45) is 20.4. The summed E-state index contributed by atoms with van der Waals surface area (Å²) < 4.78 is 0. The molecule has 7 nitrogen and oxygen atoms in total. The monoisotopic (exact) mass is 611 g/mol. The Bertz CT molecular complexity index is 1080. The zero-order valence-corrected chi connectivity index (χ0v) is 28.1. The molecule has 0 aromatic carbocycles. The summed E-state index contributed by atoms with van der Waals surface area (Å²) in [5.41, 5.74) is 6.05. The lowest BCUT2D eigenvalue weighted by atomic mass is 9.43. The summed E-state index contributed by atoms with van der Waals surface area (Å²) in [6, 6.07) is 0. The van der Waals surface area contributed by atoms with E-state index in [0.717, 1.165) is 32.1 Å². The van der Waals surface area contributed by atoms with Crippen molar-refractivity contribution < 1.29 is 19.8 Å². The van der Waals surface area contributed by atoms with Crippen molar-refractivity contribution in [2.24, 2.45) is 57.5 Å². The van der Waals surface area contributed by atoms with Gasteiger partial charge in [-0.05, 0) is 123 Å². The lowest BCUT2D eigenvalue weighted by Crippen LogP contribution is -2.63. The van der Waals surface area contributed by atoms with Crippen LogP contribution in [0, 0.1) is 64.1 Å². The second-order valence-corrected chi connectivity index (χ2v) is 16.2. The number of terminal acetylenes is 1. The fraction of sp³-hybridized carbons (Fsp3) is 0.838. The summed E-state index contributed by atoms with van der Waals surface area (Å²) in [4.78, 5) is 25.4. The van der Waals surface area contributed by atoms with Crippen LogP contribution in [-0.2, 0) is 9.59 Å². The van der Waals surface area contributed by atoms with Crippen LogP contribution in [0.1, 0.15) is 118 Å².